The summed E-state index contributed by atoms with van der Waals surface area (Å²) in [5, 5.41) is 20.8. The van der Waals surface area contributed by atoms with E-state index in [1.807, 2.05) is 19.1 Å². The lowest BCUT2D eigenvalue weighted by Crippen LogP contribution is -2.27. The number of ether oxygens (including phenoxy) is 1. The second-order valence-electron chi connectivity index (χ2n) is 9.77. The Balaban J connectivity index is 1.72. The van der Waals surface area contributed by atoms with E-state index in [1.165, 1.54) is 23.0 Å². The third-order valence-electron chi connectivity index (χ3n) is 5.91. The maximum Gasteiger partial charge on any atom is 0.419 e. The first-order valence-electron chi connectivity index (χ1n) is 11.1. The predicted octanol–water partition coefficient (Wildman–Crippen LogP) is 4.92. The van der Waals surface area contributed by atoms with Gasteiger partial charge in [0.15, 0.2) is 11.5 Å². The minimum Gasteiger partial charge on any atom is -0.443 e. The van der Waals surface area contributed by atoms with E-state index in [0.29, 0.717) is 16.5 Å². The van der Waals surface area contributed by atoms with Crippen LogP contribution in [-0.4, -0.2) is 36.3 Å². The molecule has 34 heavy (non-hydrogen) atoms. The molecule has 1 unspecified atom stereocenters. The summed E-state index contributed by atoms with van der Waals surface area (Å²) >= 11 is 0. The molecule has 4 aromatic rings. The number of nitrogens with zero attached hydrogens (tertiary/aromatic N) is 4. The number of benzene rings is 1. The van der Waals surface area contributed by atoms with Crippen LogP contribution in [-0.2, 0) is 10.6 Å². The van der Waals surface area contributed by atoms with Crippen molar-refractivity contribution in [2.24, 2.45) is 0 Å². The number of hydrogen-bond acceptors (Lipinski definition) is 6. The quantitative estimate of drug-likeness (QED) is 0.447. The molecular weight excluding hydrogens is 437 g/mol. The topological polar surface area (TPSA) is 117 Å². The Labute approximate surface area is 195 Å². The zero-order chi connectivity index (χ0) is 24.4. The smallest absolute Gasteiger partial charge is 0.419 e. The number of rotatable bonds is 3. The minimum atomic E-state index is -2.99. The van der Waals surface area contributed by atoms with Gasteiger partial charge in [0.25, 0.3) is 5.85 Å². The first-order valence-corrected chi connectivity index (χ1v) is 11.1. The van der Waals surface area contributed by atoms with Gasteiger partial charge in [0.2, 0.25) is 0 Å². The highest BCUT2D eigenvalue weighted by molar-refractivity contribution is 5.95. The number of aromatic amines is 1. The maximum atomic E-state index is 16.4. The van der Waals surface area contributed by atoms with Gasteiger partial charge < -0.3 is 14.8 Å². The number of fused-ring (bicyclic) bond motifs is 2. The Bertz CT molecular complexity index is 1500. The summed E-state index contributed by atoms with van der Waals surface area (Å²) in [4.78, 5) is 23.9. The van der Waals surface area contributed by atoms with Crippen LogP contribution in [0.25, 0.3) is 22.1 Å². The SMILES string of the molecule is Cc1cc(C2CC2)c(C(O)(F)c2nc3cc(C#N)cnc3[nH]2)c2ccn(C(=O)OC(C)(C)C)c12. The number of halogens is 1. The van der Waals surface area contributed by atoms with Crippen molar-refractivity contribution >= 4 is 28.2 Å². The number of H-pyrrole nitrogens is 1. The molecule has 3 heterocycles. The largest absolute Gasteiger partial charge is 0.443 e. The lowest BCUT2D eigenvalue weighted by atomic mass is 9.91. The van der Waals surface area contributed by atoms with Gasteiger partial charge in [-0.1, -0.05) is 6.07 Å². The number of carbonyl (C=O) groups excluding carboxylic acids is 1. The summed E-state index contributed by atoms with van der Waals surface area (Å²) in [5.74, 6) is -3.21. The number of carbonyl (C=O) groups is 1. The molecule has 3 aromatic heterocycles. The van der Waals surface area contributed by atoms with Gasteiger partial charge in [-0.3, -0.25) is 4.57 Å². The molecule has 1 aliphatic rings. The fourth-order valence-corrected chi connectivity index (χ4v) is 4.35. The summed E-state index contributed by atoms with van der Waals surface area (Å²) in [6, 6.07) is 6.89. The zero-order valence-corrected chi connectivity index (χ0v) is 19.3. The second kappa shape index (κ2) is 7.37. The average molecular weight is 461 g/mol. The summed E-state index contributed by atoms with van der Waals surface area (Å²) < 4.78 is 23.3. The van der Waals surface area contributed by atoms with Crippen LogP contribution < -0.4 is 0 Å². The molecule has 0 aliphatic heterocycles. The molecule has 8 nitrogen and oxygen atoms in total. The summed E-state index contributed by atoms with van der Waals surface area (Å²) in [6.07, 6.45) is 4.06. The van der Waals surface area contributed by atoms with E-state index in [0.717, 1.165) is 18.4 Å². The highest BCUT2D eigenvalue weighted by atomic mass is 19.2. The van der Waals surface area contributed by atoms with Crippen LogP contribution >= 0.6 is 0 Å². The lowest BCUT2D eigenvalue weighted by molar-refractivity contribution is -0.0609. The standard InChI is InChI=1S/C25H24FN5O3/c1-13-9-17(15-5-6-15)19(16-7-8-31(20(13)16)23(32)34-24(2,3)4)25(26,33)22-29-18-10-14(11-27)12-28-21(18)30-22/h7-10,12,15,33H,5-6H2,1-4H3,(H,28,29,30). The molecule has 9 heteroatoms. The third kappa shape index (κ3) is 3.60. The number of imidazole rings is 1. The van der Waals surface area contributed by atoms with Crippen molar-refractivity contribution in [3.05, 3.63) is 58.7 Å². The lowest BCUT2D eigenvalue weighted by Gasteiger charge is -2.23. The number of nitrogens with one attached hydrogen (secondary N) is 1. The Kier molecular flexibility index (Phi) is 4.78. The fraction of sp³-hybridized carbons (Fsp3) is 0.360. The van der Waals surface area contributed by atoms with Gasteiger partial charge in [0.05, 0.1) is 11.1 Å². The van der Waals surface area contributed by atoms with E-state index in [4.69, 9.17) is 10.00 Å². The first-order chi connectivity index (χ1) is 16.0. The van der Waals surface area contributed by atoms with Crippen molar-refractivity contribution in [2.75, 3.05) is 0 Å². The van der Waals surface area contributed by atoms with Crippen LogP contribution in [0, 0.1) is 18.3 Å². The summed E-state index contributed by atoms with van der Waals surface area (Å²) in [6.45, 7) is 7.17. The highest BCUT2D eigenvalue weighted by Gasteiger charge is 2.43. The molecule has 1 aliphatic carbocycles. The van der Waals surface area contributed by atoms with Gasteiger partial charge in [-0.05, 0) is 69.7 Å². The number of nitriles is 1. The monoisotopic (exact) mass is 461 g/mol. The molecule has 0 bridgehead atoms. The van der Waals surface area contributed by atoms with Crippen molar-refractivity contribution in [1.29, 1.82) is 5.26 Å². The summed E-state index contributed by atoms with van der Waals surface area (Å²) in [5.41, 5.74) is 2.07. The molecule has 2 N–H and O–H groups in total. The van der Waals surface area contributed by atoms with Gasteiger partial charge in [0, 0.05) is 23.3 Å². The van der Waals surface area contributed by atoms with Crippen LogP contribution in [0.3, 0.4) is 0 Å². The molecule has 0 spiro atoms. The Hall–Kier alpha value is -3.77. The molecule has 5 rings (SSSR count). The van der Waals surface area contributed by atoms with Crippen LogP contribution in [0.2, 0.25) is 0 Å². The van der Waals surface area contributed by atoms with E-state index in [2.05, 4.69) is 15.0 Å². The van der Waals surface area contributed by atoms with Crippen LogP contribution in [0.4, 0.5) is 9.18 Å². The van der Waals surface area contributed by atoms with Crippen molar-refractivity contribution in [1.82, 2.24) is 19.5 Å². The van der Waals surface area contributed by atoms with Crippen molar-refractivity contribution < 1.29 is 19.0 Å². The molecule has 0 radical (unpaired) electrons. The van der Waals surface area contributed by atoms with Gasteiger partial charge in [0.1, 0.15) is 17.2 Å². The van der Waals surface area contributed by atoms with Crippen molar-refractivity contribution in [3.8, 4) is 6.07 Å². The van der Waals surface area contributed by atoms with Crippen molar-refractivity contribution in [2.45, 2.75) is 57.9 Å². The number of hydrogen-bond donors (Lipinski definition) is 2. The second-order valence-corrected chi connectivity index (χ2v) is 9.77. The van der Waals surface area contributed by atoms with Crippen molar-refractivity contribution in [3.63, 3.8) is 0 Å². The fourth-order valence-electron chi connectivity index (χ4n) is 4.35. The Morgan fingerprint density at radius 2 is 2.09 bits per heavy atom. The molecule has 1 saturated carbocycles. The normalized spacial score (nSPS) is 15.9. The molecule has 0 amide bonds. The van der Waals surface area contributed by atoms with E-state index in [9.17, 15) is 9.90 Å². The first kappa shape index (κ1) is 22.0. The van der Waals surface area contributed by atoms with E-state index >= 15 is 4.39 Å². The highest BCUT2D eigenvalue weighted by Crippen LogP contribution is 2.49. The van der Waals surface area contributed by atoms with Gasteiger partial charge >= 0.3 is 6.09 Å². The average Bonchev–Trinajstić information content (AvgIpc) is 3.35. The third-order valence-corrected chi connectivity index (χ3v) is 5.91. The molecule has 1 atom stereocenters. The summed E-state index contributed by atoms with van der Waals surface area (Å²) in [7, 11) is 0. The van der Waals surface area contributed by atoms with Crippen LogP contribution in [0.15, 0.2) is 30.6 Å². The molecule has 174 valence electrons. The Morgan fingerprint density at radius 3 is 2.74 bits per heavy atom. The van der Waals surface area contributed by atoms with Crippen LogP contribution in [0.1, 0.15) is 67.6 Å². The van der Waals surface area contributed by atoms with Gasteiger partial charge in [-0.2, -0.15) is 9.65 Å². The molecule has 1 aromatic carbocycles. The molecular formula is C25H24FN5O3. The Morgan fingerprint density at radius 1 is 1.35 bits per heavy atom. The van der Waals surface area contributed by atoms with E-state index < -0.39 is 17.5 Å². The number of pyridine rings is 1. The van der Waals surface area contributed by atoms with E-state index in [1.54, 1.807) is 26.8 Å². The maximum absolute atomic E-state index is 16.4. The predicted molar refractivity (Wildman–Crippen MR) is 123 cm³/mol. The molecule has 1 fully saturated rings. The number of aryl methyl sites for hydroxylation is 1. The minimum absolute atomic E-state index is 0.0532. The van der Waals surface area contributed by atoms with E-state index in [-0.39, 0.29) is 34.0 Å². The molecule has 0 saturated heterocycles. The zero-order valence-electron chi connectivity index (χ0n) is 19.3. The van der Waals surface area contributed by atoms with Gasteiger partial charge in [-0.15, -0.1) is 0 Å². The number of alkyl halides is 1. The number of aliphatic hydroxyl groups is 1. The number of aromatic nitrogens is 4. The van der Waals surface area contributed by atoms with Gasteiger partial charge in [-0.25, -0.2) is 14.8 Å². The van der Waals surface area contributed by atoms with Crippen LogP contribution in [0.5, 0.6) is 0 Å².